The van der Waals surface area contributed by atoms with Crippen molar-refractivity contribution >= 4 is 23.4 Å². The maximum atomic E-state index is 11.5. The van der Waals surface area contributed by atoms with Gasteiger partial charge in [-0.15, -0.1) is 11.8 Å². The zero-order valence-corrected chi connectivity index (χ0v) is 13.0. The molecule has 1 aliphatic rings. The van der Waals surface area contributed by atoms with Crippen molar-refractivity contribution in [3.05, 3.63) is 23.8 Å². The molecule has 2 atom stereocenters. The third-order valence-corrected chi connectivity index (χ3v) is 5.08. The molecule has 20 heavy (non-hydrogen) atoms. The average molecular weight is 293 g/mol. The molecule has 0 aliphatic heterocycles. The number of anilines is 1. The Labute approximate surface area is 125 Å². The summed E-state index contributed by atoms with van der Waals surface area (Å²) in [7, 11) is 0. The van der Waals surface area contributed by atoms with E-state index in [9.17, 15) is 9.90 Å². The molecule has 110 valence electrons. The summed E-state index contributed by atoms with van der Waals surface area (Å²) < 4.78 is 0. The van der Waals surface area contributed by atoms with E-state index in [4.69, 9.17) is 0 Å². The van der Waals surface area contributed by atoms with Gasteiger partial charge in [0.15, 0.2) is 0 Å². The number of carbonyl (C=O) groups is 1. The van der Waals surface area contributed by atoms with Crippen molar-refractivity contribution in [1.29, 1.82) is 0 Å². The number of thioether (sulfide) groups is 1. The lowest BCUT2D eigenvalue weighted by molar-refractivity contribution is 0.0694. The summed E-state index contributed by atoms with van der Waals surface area (Å²) in [4.78, 5) is 12.3. The second-order valence-corrected chi connectivity index (χ2v) is 6.44. The molecule has 0 spiro atoms. The van der Waals surface area contributed by atoms with Gasteiger partial charge in [0.25, 0.3) is 0 Å². The van der Waals surface area contributed by atoms with Crippen molar-refractivity contribution in [2.45, 2.75) is 37.5 Å². The highest BCUT2D eigenvalue weighted by Crippen LogP contribution is 2.31. The zero-order valence-electron chi connectivity index (χ0n) is 12.2. The fraction of sp³-hybridized carbons (Fsp3) is 0.562. The predicted molar refractivity (Wildman–Crippen MR) is 84.8 cm³/mol. The van der Waals surface area contributed by atoms with Crippen LogP contribution in [0.2, 0.25) is 0 Å². The summed E-state index contributed by atoms with van der Waals surface area (Å²) in [6, 6.07) is 5.66. The fourth-order valence-corrected chi connectivity index (χ4v) is 3.62. The zero-order chi connectivity index (χ0) is 14.5. The standard InChI is InChI=1S/C16H23NO2S/c1-11-6-3-4-7-12(11)10-17-13-8-5-9-14(20-2)15(13)16(18)19/h5,8-9,11-12,17H,3-4,6-7,10H2,1-2H3,(H,18,19). The summed E-state index contributed by atoms with van der Waals surface area (Å²) >= 11 is 1.48. The van der Waals surface area contributed by atoms with Crippen LogP contribution in [0.3, 0.4) is 0 Å². The van der Waals surface area contributed by atoms with Gasteiger partial charge in [-0.3, -0.25) is 0 Å². The molecule has 0 bridgehead atoms. The molecule has 1 aromatic carbocycles. The largest absolute Gasteiger partial charge is 0.478 e. The Bertz CT molecular complexity index is 476. The molecule has 0 amide bonds. The maximum absolute atomic E-state index is 11.5. The normalized spacial score (nSPS) is 22.5. The van der Waals surface area contributed by atoms with Crippen molar-refractivity contribution in [1.82, 2.24) is 0 Å². The quantitative estimate of drug-likeness (QED) is 0.793. The van der Waals surface area contributed by atoms with Gasteiger partial charge in [-0.2, -0.15) is 0 Å². The second kappa shape index (κ2) is 7.02. The molecule has 0 radical (unpaired) electrons. The van der Waals surface area contributed by atoms with E-state index in [-0.39, 0.29) is 0 Å². The average Bonchev–Trinajstić information content (AvgIpc) is 2.45. The van der Waals surface area contributed by atoms with Gasteiger partial charge in [0.2, 0.25) is 0 Å². The van der Waals surface area contributed by atoms with Crippen LogP contribution >= 0.6 is 11.8 Å². The monoisotopic (exact) mass is 293 g/mol. The van der Waals surface area contributed by atoms with Gasteiger partial charge in [0, 0.05) is 17.1 Å². The van der Waals surface area contributed by atoms with Gasteiger partial charge in [0.1, 0.15) is 0 Å². The van der Waals surface area contributed by atoms with Gasteiger partial charge in [-0.05, 0) is 36.6 Å². The summed E-state index contributed by atoms with van der Waals surface area (Å²) in [5.41, 5.74) is 1.16. The number of carboxylic acids is 1. The number of benzene rings is 1. The van der Waals surface area contributed by atoms with Gasteiger partial charge in [-0.1, -0.05) is 32.3 Å². The van der Waals surface area contributed by atoms with E-state index in [1.165, 1.54) is 37.4 Å². The Balaban J connectivity index is 2.10. The van der Waals surface area contributed by atoms with Crippen LogP contribution in [-0.4, -0.2) is 23.9 Å². The summed E-state index contributed by atoms with van der Waals surface area (Å²) in [5.74, 6) is 0.533. The van der Waals surface area contributed by atoms with Gasteiger partial charge < -0.3 is 10.4 Å². The SMILES string of the molecule is CSc1cccc(NCC2CCCCC2C)c1C(=O)O. The summed E-state index contributed by atoms with van der Waals surface area (Å²) in [6.45, 7) is 3.18. The fourth-order valence-electron chi connectivity index (χ4n) is 3.01. The molecule has 0 aromatic heterocycles. The molecule has 3 nitrogen and oxygen atoms in total. The lowest BCUT2D eigenvalue weighted by Crippen LogP contribution is -2.25. The third-order valence-electron chi connectivity index (χ3n) is 4.30. The molecule has 1 aromatic rings. The van der Waals surface area contributed by atoms with Crippen LogP contribution in [0.25, 0.3) is 0 Å². The van der Waals surface area contributed by atoms with Crippen LogP contribution in [0, 0.1) is 11.8 Å². The predicted octanol–water partition coefficient (Wildman–Crippen LogP) is 4.34. The van der Waals surface area contributed by atoms with Crippen molar-refractivity contribution in [2.75, 3.05) is 18.1 Å². The first kappa shape index (κ1) is 15.2. The van der Waals surface area contributed by atoms with Crippen LogP contribution in [0.1, 0.15) is 43.0 Å². The minimum Gasteiger partial charge on any atom is -0.478 e. The van der Waals surface area contributed by atoms with Crippen LogP contribution in [0.4, 0.5) is 5.69 Å². The lowest BCUT2D eigenvalue weighted by atomic mass is 9.80. The number of carboxylic acid groups (broad SMARTS) is 1. The topological polar surface area (TPSA) is 49.3 Å². The molecule has 0 saturated heterocycles. The first-order valence-corrected chi connectivity index (χ1v) is 8.50. The first-order valence-electron chi connectivity index (χ1n) is 7.27. The molecule has 2 rings (SSSR count). The highest BCUT2D eigenvalue weighted by atomic mass is 32.2. The molecular weight excluding hydrogens is 270 g/mol. The molecule has 2 unspecified atom stereocenters. The van der Waals surface area contributed by atoms with E-state index < -0.39 is 5.97 Å². The third kappa shape index (κ3) is 3.48. The van der Waals surface area contributed by atoms with E-state index in [1.54, 1.807) is 0 Å². The van der Waals surface area contributed by atoms with Crippen molar-refractivity contribution < 1.29 is 9.90 Å². The molecule has 4 heteroatoms. The molecule has 2 N–H and O–H groups in total. The Morgan fingerprint density at radius 3 is 2.80 bits per heavy atom. The minimum atomic E-state index is -0.853. The summed E-state index contributed by atoms with van der Waals surface area (Å²) in [5, 5.41) is 12.8. The van der Waals surface area contributed by atoms with Crippen LogP contribution in [0.5, 0.6) is 0 Å². The Hall–Kier alpha value is -1.16. The number of rotatable bonds is 5. The highest BCUT2D eigenvalue weighted by Gasteiger charge is 2.22. The number of hydrogen-bond acceptors (Lipinski definition) is 3. The lowest BCUT2D eigenvalue weighted by Gasteiger charge is -2.29. The first-order chi connectivity index (χ1) is 9.63. The molecule has 1 fully saturated rings. The minimum absolute atomic E-state index is 0.406. The van der Waals surface area contributed by atoms with Crippen LogP contribution in [0.15, 0.2) is 23.1 Å². The number of hydrogen-bond donors (Lipinski definition) is 2. The van der Waals surface area contributed by atoms with E-state index in [2.05, 4.69) is 12.2 Å². The van der Waals surface area contributed by atoms with Crippen molar-refractivity contribution in [2.24, 2.45) is 11.8 Å². The Kier molecular flexibility index (Phi) is 5.35. The van der Waals surface area contributed by atoms with E-state index in [0.29, 0.717) is 11.5 Å². The highest BCUT2D eigenvalue weighted by molar-refractivity contribution is 7.98. The van der Waals surface area contributed by atoms with Crippen LogP contribution < -0.4 is 5.32 Å². The number of nitrogens with one attached hydrogen (secondary N) is 1. The second-order valence-electron chi connectivity index (χ2n) is 5.59. The van der Waals surface area contributed by atoms with Gasteiger partial charge in [-0.25, -0.2) is 4.79 Å². The summed E-state index contributed by atoms with van der Waals surface area (Å²) in [6.07, 6.45) is 7.09. The smallest absolute Gasteiger partial charge is 0.338 e. The molecular formula is C16H23NO2S. The van der Waals surface area contributed by atoms with E-state index >= 15 is 0 Å². The van der Waals surface area contributed by atoms with Crippen molar-refractivity contribution in [3.63, 3.8) is 0 Å². The van der Waals surface area contributed by atoms with Crippen molar-refractivity contribution in [3.8, 4) is 0 Å². The van der Waals surface area contributed by atoms with Crippen LogP contribution in [-0.2, 0) is 0 Å². The van der Waals surface area contributed by atoms with Gasteiger partial charge >= 0.3 is 5.97 Å². The Morgan fingerprint density at radius 1 is 1.40 bits per heavy atom. The maximum Gasteiger partial charge on any atom is 0.338 e. The van der Waals surface area contributed by atoms with E-state index in [0.717, 1.165) is 23.0 Å². The van der Waals surface area contributed by atoms with E-state index in [1.807, 2.05) is 24.5 Å². The molecule has 1 saturated carbocycles. The number of aromatic carboxylic acids is 1. The molecule has 1 aliphatic carbocycles. The van der Waals surface area contributed by atoms with Gasteiger partial charge in [0.05, 0.1) is 5.56 Å². The molecule has 0 heterocycles. The Morgan fingerprint density at radius 2 is 2.15 bits per heavy atom.